The van der Waals surface area contributed by atoms with Crippen LogP contribution in [0.15, 0.2) is 114 Å². The van der Waals surface area contributed by atoms with E-state index in [0.29, 0.717) is 0 Å². The largest absolute Gasteiger partial charge is 0.455 e. The summed E-state index contributed by atoms with van der Waals surface area (Å²) in [4.78, 5) is 4.57. The molecule has 0 saturated carbocycles. The van der Waals surface area contributed by atoms with Crippen molar-refractivity contribution >= 4 is 21.9 Å². The molecule has 4 aromatic carbocycles. The highest BCUT2D eigenvalue weighted by atomic mass is 16.3. The zero-order chi connectivity index (χ0) is 21.5. The molecular formula is C30H21NO. The molecule has 0 aliphatic rings. The van der Waals surface area contributed by atoms with Crippen LogP contribution in [0, 0.1) is 6.92 Å². The van der Waals surface area contributed by atoms with E-state index in [1.165, 1.54) is 16.7 Å². The van der Waals surface area contributed by atoms with Crippen LogP contribution in [0.3, 0.4) is 0 Å². The van der Waals surface area contributed by atoms with Gasteiger partial charge in [0.15, 0.2) is 0 Å². The Hall–Kier alpha value is -4.17. The van der Waals surface area contributed by atoms with Crippen LogP contribution in [0.4, 0.5) is 0 Å². The quantitative estimate of drug-likeness (QED) is 0.293. The molecule has 0 atom stereocenters. The molecule has 2 nitrogen and oxygen atoms in total. The third kappa shape index (κ3) is 3.17. The van der Waals surface area contributed by atoms with Crippen molar-refractivity contribution in [3.8, 4) is 33.5 Å². The summed E-state index contributed by atoms with van der Waals surface area (Å²) >= 11 is 0. The first-order chi connectivity index (χ1) is 15.8. The number of rotatable bonds is 3. The summed E-state index contributed by atoms with van der Waals surface area (Å²) in [5.41, 5.74) is 9.77. The Morgan fingerprint density at radius 3 is 2.19 bits per heavy atom. The van der Waals surface area contributed by atoms with Gasteiger partial charge >= 0.3 is 0 Å². The number of hydrogen-bond acceptors (Lipinski definition) is 2. The van der Waals surface area contributed by atoms with Gasteiger partial charge in [-0.05, 0) is 47.4 Å². The molecule has 152 valence electrons. The maximum Gasteiger partial charge on any atom is 0.143 e. The summed E-state index contributed by atoms with van der Waals surface area (Å²) in [5, 5.41) is 2.31. The molecule has 0 amide bonds. The highest BCUT2D eigenvalue weighted by Crippen LogP contribution is 2.36. The molecule has 0 aliphatic heterocycles. The van der Waals surface area contributed by atoms with E-state index in [0.717, 1.165) is 44.3 Å². The maximum atomic E-state index is 6.22. The van der Waals surface area contributed by atoms with Crippen LogP contribution < -0.4 is 0 Å². The number of benzene rings is 4. The Morgan fingerprint density at radius 1 is 0.594 bits per heavy atom. The molecule has 32 heavy (non-hydrogen) atoms. The second kappa shape index (κ2) is 7.51. The molecule has 0 fully saturated rings. The molecule has 0 saturated heterocycles. The minimum atomic E-state index is 0.924. The number of pyridine rings is 1. The zero-order valence-corrected chi connectivity index (χ0v) is 17.7. The summed E-state index contributed by atoms with van der Waals surface area (Å²) in [6.45, 7) is 2.06. The number of nitrogens with zero attached hydrogens (tertiary/aromatic N) is 1. The number of furan rings is 1. The monoisotopic (exact) mass is 411 g/mol. The van der Waals surface area contributed by atoms with E-state index in [1.807, 2.05) is 18.3 Å². The van der Waals surface area contributed by atoms with E-state index in [-0.39, 0.29) is 0 Å². The van der Waals surface area contributed by atoms with E-state index in [4.69, 9.17) is 4.42 Å². The van der Waals surface area contributed by atoms with E-state index < -0.39 is 0 Å². The average Bonchev–Trinajstić information content (AvgIpc) is 3.24. The van der Waals surface area contributed by atoms with Crippen LogP contribution >= 0.6 is 0 Å². The number of para-hydroxylation sites is 2. The fourth-order valence-corrected chi connectivity index (χ4v) is 4.31. The van der Waals surface area contributed by atoms with Crippen LogP contribution in [-0.2, 0) is 0 Å². The van der Waals surface area contributed by atoms with Crippen molar-refractivity contribution in [3.63, 3.8) is 0 Å². The van der Waals surface area contributed by atoms with E-state index >= 15 is 0 Å². The second-order valence-electron chi connectivity index (χ2n) is 8.16. The molecule has 0 bridgehead atoms. The Balaban J connectivity index is 1.39. The van der Waals surface area contributed by atoms with Gasteiger partial charge in [0.25, 0.3) is 0 Å². The fraction of sp³-hybridized carbons (Fsp3) is 0.0333. The lowest BCUT2D eigenvalue weighted by Crippen LogP contribution is -1.86. The van der Waals surface area contributed by atoms with Crippen LogP contribution in [0.5, 0.6) is 0 Å². The molecule has 6 rings (SSSR count). The van der Waals surface area contributed by atoms with Crippen LogP contribution in [0.1, 0.15) is 5.56 Å². The molecule has 0 aliphatic carbocycles. The van der Waals surface area contributed by atoms with Crippen LogP contribution in [0.25, 0.3) is 55.4 Å². The summed E-state index contributed by atoms with van der Waals surface area (Å²) in [5.74, 6) is 0. The van der Waals surface area contributed by atoms with Crippen molar-refractivity contribution in [2.75, 3.05) is 0 Å². The first-order valence-electron chi connectivity index (χ1n) is 10.8. The smallest absolute Gasteiger partial charge is 0.143 e. The van der Waals surface area contributed by atoms with Gasteiger partial charge in [0.05, 0.1) is 5.69 Å². The normalized spacial score (nSPS) is 11.3. The average molecular weight is 412 g/mol. The summed E-state index contributed by atoms with van der Waals surface area (Å²) in [7, 11) is 0. The van der Waals surface area contributed by atoms with E-state index in [1.54, 1.807) is 0 Å². The summed E-state index contributed by atoms with van der Waals surface area (Å²) < 4.78 is 6.22. The lowest BCUT2D eigenvalue weighted by atomic mass is 9.97. The van der Waals surface area contributed by atoms with E-state index in [9.17, 15) is 0 Å². The third-order valence-electron chi connectivity index (χ3n) is 6.00. The molecule has 2 aromatic heterocycles. The molecule has 0 N–H and O–H groups in total. The maximum absolute atomic E-state index is 6.22. The predicted octanol–water partition coefficient (Wildman–Crippen LogP) is 8.29. The van der Waals surface area contributed by atoms with Crippen molar-refractivity contribution in [2.45, 2.75) is 6.92 Å². The first kappa shape index (κ1) is 18.6. The zero-order valence-electron chi connectivity index (χ0n) is 17.7. The van der Waals surface area contributed by atoms with Crippen molar-refractivity contribution in [2.24, 2.45) is 0 Å². The molecule has 6 aromatic rings. The molecular weight excluding hydrogens is 390 g/mol. The van der Waals surface area contributed by atoms with Gasteiger partial charge < -0.3 is 4.42 Å². The molecule has 0 unspecified atom stereocenters. The van der Waals surface area contributed by atoms with Crippen molar-refractivity contribution in [3.05, 3.63) is 115 Å². The highest BCUT2D eigenvalue weighted by Gasteiger charge is 2.12. The number of hydrogen-bond donors (Lipinski definition) is 0. The molecule has 0 spiro atoms. The minimum absolute atomic E-state index is 0.924. The Labute approximate surface area is 186 Å². The van der Waals surface area contributed by atoms with Gasteiger partial charge in [-0.15, -0.1) is 0 Å². The third-order valence-corrected chi connectivity index (χ3v) is 6.00. The predicted molar refractivity (Wildman–Crippen MR) is 133 cm³/mol. The fourth-order valence-electron chi connectivity index (χ4n) is 4.31. The van der Waals surface area contributed by atoms with Gasteiger partial charge in [0, 0.05) is 28.1 Å². The summed E-state index contributed by atoms with van der Waals surface area (Å²) in [6, 6.07) is 36.0. The first-order valence-corrected chi connectivity index (χ1v) is 10.8. The van der Waals surface area contributed by atoms with Gasteiger partial charge in [-0.25, -0.2) is 0 Å². The van der Waals surface area contributed by atoms with Crippen LogP contribution in [0.2, 0.25) is 0 Å². The highest BCUT2D eigenvalue weighted by molar-refractivity contribution is 6.09. The number of fused-ring (bicyclic) bond motifs is 3. The lowest BCUT2D eigenvalue weighted by Gasteiger charge is -2.08. The van der Waals surface area contributed by atoms with Gasteiger partial charge in [-0.1, -0.05) is 84.9 Å². The number of aryl methyl sites for hydroxylation is 1. The lowest BCUT2D eigenvalue weighted by molar-refractivity contribution is 0.670. The second-order valence-corrected chi connectivity index (χ2v) is 8.16. The summed E-state index contributed by atoms with van der Waals surface area (Å²) in [6.07, 6.45) is 1.91. The molecule has 0 radical (unpaired) electrons. The van der Waals surface area contributed by atoms with Crippen molar-refractivity contribution in [1.82, 2.24) is 4.98 Å². The van der Waals surface area contributed by atoms with Gasteiger partial charge in [0.1, 0.15) is 11.2 Å². The minimum Gasteiger partial charge on any atom is -0.455 e. The van der Waals surface area contributed by atoms with Crippen LogP contribution in [-0.4, -0.2) is 4.98 Å². The Kier molecular flexibility index (Phi) is 4.36. The molecule has 2 heterocycles. The van der Waals surface area contributed by atoms with Gasteiger partial charge in [-0.2, -0.15) is 0 Å². The Morgan fingerprint density at radius 2 is 1.34 bits per heavy atom. The topological polar surface area (TPSA) is 26.0 Å². The van der Waals surface area contributed by atoms with Gasteiger partial charge in [0.2, 0.25) is 0 Å². The molecule has 2 heteroatoms. The SMILES string of the molecule is Cc1ccc(-c2cccc(-c3ccc(-c4cccc5c4oc4ccccc45)cc3)c2)nc1. The van der Waals surface area contributed by atoms with Gasteiger partial charge in [-0.3, -0.25) is 4.98 Å². The number of aromatic nitrogens is 1. The van der Waals surface area contributed by atoms with E-state index in [2.05, 4.69) is 103 Å². The standard InChI is InChI=1S/C30H21NO/c1-20-12-17-28(31-19-20)24-7-4-6-23(18-24)21-13-15-22(16-14-21)25-9-5-10-27-26-8-2-3-11-29(26)32-30(25)27/h2-19H,1H3. The Bertz CT molecular complexity index is 1560. The van der Waals surface area contributed by atoms with Crippen molar-refractivity contribution < 1.29 is 4.42 Å². The van der Waals surface area contributed by atoms with Crippen molar-refractivity contribution in [1.29, 1.82) is 0 Å².